The minimum atomic E-state index is -4.40. The van der Waals surface area contributed by atoms with Gasteiger partial charge in [-0.1, -0.05) is 24.3 Å². The van der Waals surface area contributed by atoms with Gasteiger partial charge < -0.3 is 4.74 Å². The van der Waals surface area contributed by atoms with Crippen LogP contribution in [0.5, 0.6) is 5.75 Å². The highest BCUT2D eigenvalue weighted by molar-refractivity contribution is 6.18. The number of alkyl halides is 4. The van der Waals surface area contributed by atoms with E-state index < -0.39 is 11.7 Å². The maximum Gasteiger partial charge on any atom is 0.419 e. The zero-order chi connectivity index (χ0) is 12.0. The zero-order valence-electron chi connectivity index (χ0n) is 8.30. The summed E-state index contributed by atoms with van der Waals surface area (Å²) >= 11 is 5.36. The fourth-order valence-electron chi connectivity index (χ4n) is 1.10. The summed E-state index contributed by atoms with van der Waals surface area (Å²) in [4.78, 5) is 0. The van der Waals surface area contributed by atoms with Gasteiger partial charge in [0.25, 0.3) is 0 Å². The summed E-state index contributed by atoms with van der Waals surface area (Å²) in [6.07, 6.45) is -1.22. The minimum absolute atomic E-state index is 0.0693. The van der Waals surface area contributed by atoms with Crippen LogP contribution in [0.1, 0.15) is 5.56 Å². The van der Waals surface area contributed by atoms with Gasteiger partial charge in [-0.05, 0) is 12.1 Å². The minimum Gasteiger partial charge on any atom is -0.489 e. The third kappa shape index (κ3) is 3.77. The van der Waals surface area contributed by atoms with Crippen LogP contribution in [0, 0.1) is 0 Å². The van der Waals surface area contributed by atoms with Gasteiger partial charge in [0.05, 0.1) is 5.56 Å². The van der Waals surface area contributed by atoms with Gasteiger partial charge in [-0.15, -0.1) is 11.6 Å². The van der Waals surface area contributed by atoms with E-state index in [0.29, 0.717) is 5.88 Å². The molecule has 5 heteroatoms. The molecular formula is C11H10ClF3O. The van der Waals surface area contributed by atoms with Crippen LogP contribution < -0.4 is 4.74 Å². The fourth-order valence-corrected chi connectivity index (χ4v) is 1.22. The number of ether oxygens (including phenoxy) is 1. The van der Waals surface area contributed by atoms with Gasteiger partial charge in [0.2, 0.25) is 0 Å². The lowest BCUT2D eigenvalue weighted by Crippen LogP contribution is -2.08. The Labute approximate surface area is 96.5 Å². The molecule has 88 valence electrons. The first-order valence-corrected chi connectivity index (χ1v) is 5.09. The Morgan fingerprint density at radius 3 is 2.50 bits per heavy atom. The van der Waals surface area contributed by atoms with Crippen LogP contribution in [-0.2, 0) is 6.18 Å². The molecule has 1 aromatic rings. The lowest BCUT2D eigenvalue weighted by molar-refractivity contribution is -0.138. The van der Waals surface area contributed by atoms with E-state index in [4.69, 9.17) is 16.3 Å². The average molecular weight is 251 g/mol. The van der Waals surface area contributed by atoms with E-state index in [9.17, 15) is 13.2 Å². The lowest BCUT2D eigenvalue weighted by atomic mass is 10.2. The molecule has 16 heavy (non-hydrogen) atoms. The van der Waals surface area contributed by atoms with Gasteiger partial charge in [-0.3, -0.25) is 0 Å². The molecule has 0 heterocycles. The molecule has 1 rings (SSSR count). The molecule has 0 unspecified atom stereocenters. The van der Waals surface area contributed by atoms with Crippen molar-refractivity contribution in [1.29, 1.82) is 0 Å². The molecule has 0 spiro atoms. The largest absolute Gasteiger partial charge is 0.489 e. The Morgan fingerprint density at radius 2 is 1.88 bits per heavy atom. The molecule has 0 aromatic heterocycles. The van der Waals surface area contributed by atoms with E-state index in [2.05, 4.69) is 0 Å². The quantitative estimate of drug-likeness (QED) is 0.582. The Hall–Kier alpha value is -1.16. The predicted octanol–water partition coefficient (Wildman–Crippen LogP) is 3.88. The van der Waals surface area contributed by atoms with Gasteiger partial charge in [0.15, 0.2) is 0 Å². The smallest absolute Gasteiger partial charge is 0.419 e. The molecule has 0 amide bonds. The number of allylic oxidation sites excluding steroid dienone is 1. The second-order valence-electron chi connectivity index (χ2n) is 2.93. The normalized spacial score (nSPS) is 12.0. The first-order valence-electron chi connectivity index (χ1n) is 4.55. The summed E-state index contributed by atoms with van der Waals surface area (Å²) in [5.74, 6) is 0.138. The van der Waals surface area contributed by atoms with Crippen molar-refractivity contribution in [1.82, 2.24) is 0 Å². The van der Waals surface area contributed by atoms with Crippen LogP contribution >= 0.6 is 11.6 Å². The summed E-state index contributed by atoms with van der Waals surface area (Å²) in [6, 6.07) is 5.10. The molecule has 1 nitrogen and oxygen atoms in total. The monoisotopic (exact) mass is 250 g/mol. The molecule has 0 saturated heterocycles. The summed E-state index contributed by atoms with van der Waals surface area (Å²) in [6.45, 7) is 0.0693. The van der Waals surface area contributed by atoms with Gasteiger partial charge >= 0.3 is 6.18 Å². The molecule has 0 fully saturated rings. The van der Waals surface area contributed by atoms with Crippen molar-refractivity contribution in [2.45, 2.75) is 6.18 Å². The van der Waals surface area contributed by atoms with Crippen molar-refractivity contribution in [3.8, 4) is 5.75 Å². The molecule has 0 radical (unpaired) electrons. The number of para-hydroxylation sites is 1. The predicted molar refractivity (Wildman–Crippen MR) is 56.8 cm³/mol. The Morgan fingerprint density at radius 1 is 1.19 bits per heavy atom. The first kappa shape index (κ1) is 12.9. The first-order chi connectivity index (χ1) is 7.55. The summed E-state index contributed by atoms with van der Waals surface area (Å²) in [7, 11) is 0. The average Bonchev–Trinajstić information content (AvgIpc) is 2.24. The molecule has 0 aliphatic rings. The lowest BCUT2D eigenvalue weighted by Gasteiger charge is -2.12. The standard InChI is InChI=1S/C11H10ClF3O/c12-7-3-4-8-16-10-6-2-1-5-9(10)11(13,14)15/h1-6H,7-8H2. The van der Waals surface area contributed by atoms with Crippen LogP contribution in [0.2, 0.25) is 0 Å². The molecular weight excluding hydrogens is 241 g/mol. The van der Waals surface area contributed by atoms with Crippen molar-refractivity contribution < 1.29 is 17.9 Å². The maximum absolute atomic E-state index is 12.5. The van der Waals surface area contributed by atoms with E-state index in [1.54, 1.807) is 12.2 Å². The number of hydrogen-bond acceptors (Lipinski definition) is 1. The van der Waals surface area contributed by atoms with E-state index in [-0.39, 0.29) is 12.4 Å². The van der Waals surface area contributed by atoms with Crippen molar-refractivity contribution in [3.05, 3.63) is 42.0 Å². The van der Waals surface area contributed by atoms with Crippen molar-refractivity contribution in [2.24, 2.45) is 0 Å². The van der Waals surface area contributed by atoms with Crippen LogP contribution in [-0.4, -0.2) is 12.5 Å². The maximum atomic E-state index is 12.5. The van der Waals surface area contributed by atoms with Gasteiger partial charge in [-0.2, -0.15) is 13.2 Å². The molecule has 0 N–H and O–H groups in total. The molecule has 0 aliphatic heterocycles. The molecule has 0 bridgehead atoms. The van der Waals surface area contributed by atoms with Crippen molar-refractivity contribution >= 4 is 11.6 Å². The van der Waals surface area contributed by atoms with Crippen LogP contribution in [0.4, 0.5) is 13.2 Å². The van der Waals surface area contributed by atoms with Gasteiger partial charge in [-0.25, -0.2) is 0 Å². The van der Waals surface area contributed by atoms with E-state index >= 15 is 0 Å². The molecule has 0 atom stereocenters. The fraction of sp³-hybridized carbons (Fsp3) is 0.273. The van der Waals surface area contributed by atoms with Crippen LogP contribution in [0.25, 0.3) is 0 Å². The van der Waals surface area contributed by atoms with Crippen molar-refractivity contribution in [3.63, 3.8) is 0 Å². The Balaban J connectivity index is 2.76. The SMILES string of the molecule is FC(F)(F)c1ccccc1OCC=CCCl. The number of rotatable bonds is 4. The third-order valence-electron chi connectivity index (χ3n) is 1.78. The number of benzene rings is 1. The molecule has 1 aromatic carbocycles. The van der Waals surface area contributed by atoms with Gasteiger partial charge in [0, 0.05) is 5.88 Å². The molecule has 0 aliphatic carbocycles. The summed E-state index contributed by atoms with van der Waals surface area (Å²) in [5.41, 5.74) is -0.769. The van der Waals surface area contributed by atoms with E-state index in [1.807, 2.05) is 0 Å². The highest BCUT2D eigenvalue weighted by atomic mass is 35.5. The number of halogens is 4. The van der Waals surface area contributed by atoms with Crippen molar-refractivity contribution in [2.75, 3.05) is 12.5 Å². The second kappa shape index (κ2) is 5.80. The summed E-state index contributed by atoms with van der Waals surface area (Å²) < 4.78 is 42.5. The van der Waals surface area contributed by atoms with Gasteiger partial charge in [0.1, 0.15) is 12.4 Å². The van der Waals surface area contributed by atoms with E-state index in [1.165, 1.54) is 18.2 Å². The van der Waals surface area contributed by atoms with Crippen LogP contribution in [0.3, 0.4) is 0 Å². The highest BCUT2D eigenvalue weighted by Gasteiger charge is 2.33. The Kier molecular flexibility index (Phi) is 4.68. The zero-order valence-corrected chi connectivity index (χ0v) is 9.05. The number of hydrogen-bond donors (Lipinski definition) is 0. The molecule has 0 saturated carbocycles. The topological polar surface area (TPSA) is 9.23 Å². The van der Waals surface area contributed by atoms with Crippen LogP contribution in [0.15, 0.2) is 36.4 Å². The third-order valence-corrected chi connectivity index (χ3v) is 1.96. The summed E-state index contributed by atoms with van der Waals surface area (Å²) in [5, 5.41) is 0. The Bertz CT molecular complexity index is 360. The second-order valence-corrected chi connectivity index (χ2v) is 3.24. The van der Waals surface area contributed by atoms with E-state index in [0.717, 1.165) is 6.07 Å². The highest BCUT2D eigenvalue weighted by Crippen LogP contribution is 2.35.